The first-order chi connectivity index (χ1) is 8.56. The van der Waals surface area contributed by atoms with Crippen LogP contribution in [0.1, 0.15) is 27.4 Å². The molecule has 2 rings (SSSR count). The molecule has 4 heteroatoms. The van der Waals surface area contributed by atoms with Crippen molar-refractivity contribution >= 4 is 11.6 Å². The van der Waals surface area contributed by atoms with Gasteiger partial charge in [0.15, 0.2) is 0 Å². The quantitative estimate of drug-likeness (QED) is 0.879. The van der Waals surface area contributed by atoms with Gasteiger partial charge in [-0.05, 0) is 44.0 Å². The van der Waals surface area contributed by atoms with Gasteiger partial charge in [-0.15, -0.1) is 0 Å². The summed E-state index contributed by atoms with van der Waals surface area (Å²) in [6, 6.07) is 7.55. The Balaban J connectivity index is 2.24. The molecule has 2 aromatic rings. The van der Waals surface area contributed by atoms with Crippen molar-refractivity contribution < 1.29 is 4.79 Å². The van der Waals surface area contributed by atoms with E-state index in [-0.39, 0.29) is 5.91 Å². The third-order valence-electron chi connectivity index (χ3n) is 2.65. The van der Waals surface area contributed by atoms with Crippen molar-refractivity contribution in [3.05, 3.63) is 53.1 Å². The van der Waals surface area contributed by atoms with E-state index < -0.39 is 0 Å². The van der Waals surface area contributed by atoms with Gasteiger partial charge in [0.2, 0.25) is 0 Å². The van der Waals surface area contributed by atoms with E-state index in [9.17, 15) is 4.79 Å². The van der Waals surface area contributed by atoms with Gasteiger partial charge in [-0.25, -0.2) is 9.97 Å². The molecule has 1 aromatic carbocycles. The minimum Gasteiger partial charge on any atom is -0.320 e. The highest BCUT2D eigenvalue weighted by atomic mass is 16.1. The Labute approximate surface area is 106 Å². The highest BCUT2D eigenvalue weighted by Gasteiger charge is 2.09. The van der Waals surface area contributed by atoms with Crippen LogP contribution in [0, 0.1) is 20.8 Å². The lowest BCUT2D eigenvalue weighted by Crippen LogP contribution is -2.15. The molecule has 1 heterocycles. The Hall–Kier alpha value is -2.23. The second kappa shape index (κ2) is 4.96. The average molecular weight is 241 g/mol. The maximum absolute atomic E-state index is 12.0. The fraction of sp³-hybridized carbons (Fsp3) is 0.214. The number of hydrogen-bond acceptors (Lipinski definition) is 3. The molecule has 1 amide bonds. The molecule has 0 atom stereocenters. The van der Waals surface area contributed by atoms with E-state index >= 15 is 0 Å². The largest absolute Gasteiger partial charge is 0.320 e. The van der Waals surface area contributed by atoms with E-state index in [0.717, 1.165) is 16.8 Å². The number of nitrogens with one attached hydrogen (secondary N) is 1. The number of aromatic nitrogens is 2. The lowest BCUT2D eigenvalue weighted by molar-refractivity contribution is 0.102. The maximum Gasteiger partial charge on any atom is 0.274 e. The Kier molecular flexibility index (Phi) is 3.37. The van der Waals surface area contributed by atoms with E-state index in [4.69, 9.17) is 0 Å². The van der Waals surface area contributed by atoms with Gasteiger partial charge < -0.3 is 5.32 Å². The summed E-state index contributed by atoms with van der Waals surface area (Å²) in [5, 5.41) is 2.87. The molecule has 0 aliphatic carbocycles. The number of nitrogens with zero attached hydrogens (tertiary/aromatic N) is 2. The lowest BCUT2D eigenvalue weighted by atomic mass is 10.1. The van der Waals surface area contributed by atoms with Crippen molar-refractivity contribution in [2.45, 2.75) is 20.8 Å². The fourth-order valence-corrected chi connectivity index (χ4v) is 1.64. The molecule has 0 aliphatic heterocycles. The van der Waals surface area contributed by atoms with Gasteiger partial charge in [0.05, 0.1) is 0 Å². The number of benzene rings is 1. The van der Waals surface area contributed by atoms with Crippen LogP contribution in [0.15, 0.2) is 30.5 Å². The first kappa shape index (κ1) is 12.2. The van der Waals surface area contributed by atoms with Gasteiger partial charge in [0, 0.05) is 11.9 Å². The summed E-state index contributed by atoms with van der Waals surface area (Å²) in [6.45, 7) is 5.71. The smallest absolute Gasteiger partial charge is 0.274 e. The molecule has 0 bridgehead atoms. The lowest BCUT2D eigenvalue weighted by Gasteiger charge is -2.09. The number of anilines is 1. The number of aryl methyl sites for hydroxylation is 3. The molecular weight excluding hydrogens is 226 g/mol. The second-order valence-corrected chi connectivity index (χ2v) is 4.26. The molecule has 0 radical (unpaired) electrons. The van der Waals surface area contributed by atoms with Crippen molar-refractivity contribution in [2.75, 3.05) is 5.32 Å². The van der Waals surface area contributed by atoms with Crippen molar-refractivity contribution in [3.8, 4) is 0 Å². The molecule has 0 saturated heterocycles. The van der Waals surface area contributed by atoms with Crippen molar-refractivity contribution in [1.29, 1.82) is 0 Å². The summed E-state index contributed by atoms with van der Waals surface area (Å²) in [7, 11) is 0. The van der Waals surface area contributed by atoms with Crippen LogP contribution in [0.4, 0.5) is 5.69 Å². The van der Waals surface area contributed by atoms with Crippen LogP contribution in [-0.2, 0) is 0 Å². The molecular formula is C14H15N3O. The second-order valence-electron chi connectivity index (χ2n) is 4.26. The molecule has 18 heavy (non-hydrogen) atoms. The van der Waals surface area contributed by atoms with Crippen molar-refractivity contribution in [2.24, 2.45) is 0 Å². The summed E-state index contributed by atoms with van der Waals surface area (Å²) in [5.74, 6) is 0.373. The Morgan fingerprint density at radius 2 is 1.94 bits per heavy atom. The van der Waals surface area contributed by atoms with Crippen LogP contribution in [0.25, 0.3) is 0 Å². The van der Waals surface area contributed by atoms with Crippen LogP contribution in [0.2, 0.25) is 0 Å². The molecule has 92 valence electrons. The number of rotatable bonds is 2. The number of amides is 1. The zero-order chi connectivity index (χ0) is 13.1. The fourth-order valence-electron chi connectivity index (χ4n) is 1.64. The molecule has 1 aromatic heterocycles. The van der Waals surface area contributed by atoms with Gasteiger partial charge in [-0.2, -0.15) is 0 Å². The molecule has 0 fully saturated rings. The van der Waals surface area contributed by atoms with Crippen LogP contribution in [0.5, 0.6) is 0 Å². The number of carbonyl (C=O) groups excluding carboxylic acids is 1. The van der Waals surface area contributed by atoms with Crippen LogP contribution in [-0.4, -0.2) is 15.9 Å². The maximum atomic E-state index is 12.0. The predicted octanol–water partition coefficient (Wildman–Crippen LogP) is 2.65. The summed E-state index contributed by atoms with van der Waals surface area (Å²) in [6.07, 6.45) is 1.58. The average Bonchev–Trinajstić information content (AvgIpc) is 2.34. The molecule has 4 nitrogen and oxygen atoms in total. The highest BCUT2D eigenvalue weighted by Crippen LogP contribution is 2.17. The van der Waals surface area contributed by atoms with E-state index in [1.54, 1.807) is 19.2 Å². The van der Waals surface area contributed by atoms with E-state index in [0.29, 0.717) is 11.5 Å². The topological polar surface area (TPSA) is 54.9 Å². The van der Waals surface area contributed by atoms with E-state index in [2.05, 4.69) is 15.3 Å². The summed E-state index contributed by atoms with van der Waals surface area (Å²) >= 11 is 0. The number of hydrogen-bond donors (Lipinski definition) is 1. The highest BCUT2D eigenvalue weighted by molar-refractivity contribution is 6.03. The first-order valence-electron chi connectivity index (χ1n) is 5.74. The van der Waals surface area contributed by atoms with Crippen LogP contribution < -0.4 is 5.32 Å². The first-order valence-corrected chi connectivity index (χ1v) is 5.74. The minimum absolute atomic E-state index is 0.214. The van der Waals surface area contributed by atoms with Crippen molar-refractivity contribution in [1.82, 2.24) is 9.97 Å². The zero-order valence-corrected chi connectivity index (χ0v) is 10.7. The van der Waals surface area contributed by atoms with E-state index in [1.807, 2.05) is 32.0 Å². The minimum atomic E-state index is -0.214. The monoisotopic (exact) mass is 241 g/mol. The van der Waals surface area contributed by atoms with Gasteiger partial charge in [0.1, 0.15) is 11.5 Å². The zero-order valence-electron chi connectivity index (χ0n) is 10.7. The predicted molar refractivity (Wildman–Crippen MR) is 70.6 cm³/mol. The van der Waals surface area contributed by atoms with Gasteiger partial charge >= 0.3 is 0 Å². The Bertz CT molecular complexity index is 593. The standard InChI is InChI=1S/C14H15N3O/c1-9-4-5-10(2)13(8-9)17-14(18)12-6-7-15-11(3)16-12/h4-8H,1-3H3,(H,17,18). The van der Waals surface area contributed by atoms with Gasteiger partial charge in [-0.3, -0.25) is 4.79 Å². The van der Waals surface area contributed by atoms with Gasteiger partial charge in [0.25, 0.3) is 5.91 Å². The summed E-state index contributed by atoms with van der Waals surface area (Å²) in [4.78, 5) is 20.1. The third-order valence-corrected chi connectivity index (χ3v) is 2.65. The Morgan fingerprint density at radius 3 is 2.67 bits per heavy atom. The molecule has 0 aliphatic rings. The molecule has 0 saturated carbocycles. The van der Waals surface area contributed by atoms with E-state index in [1.165, 1.54) is 0 Å². The molecule has 1 N–H and O–H groups in total. The SMILES string of the molecule is Cc1ccc(C)c(NC(=O)c2ccnc(C)n2)c1. The summed E-state index contributed by atoms with van der Waals surface area (Å²) in [5.41, 5.74) is 3.33. The molecule has 0 unspecified atom stereocenters. The van der Waals surface area contributed by atoms with Crippen LogP contribution >= 0.6 is 0 Å². The van der Waals surface area contributed by atoms with Crippen LogP contribution in [0.3, 0.4) is 0 Å². The van der Waals surface area contributed by atoms with Crippen molar-refractivity contribution in [3.63, 3.8) is 0 Å². The normalized spacial score (nSPS) is 10.2. The number of carbonyl (C=O) groups is 1. The summed E-state index contributed by atoms with van der Waals surface area (Å²) < 4.78 is 0. The molecule has 0 spiro atoms. The Morgan fingerprint density at radius 1 is 1.17 bits per heavy atom. The third kappa shape index (κ3) is 2.71. The van der Waals surface area contributed by atoms with Gasteiger partial charge in [-0.1, -0.05) is 12.1 Å².